The lowest BCUT2D eigenvalue weighted by molar-refractivity contribution is 0.249. The normalized spacial score (nSPS) is 12.8. The topological polar surface area (TPSA) is 75.3 Å². The van der Waals surface area contributed by atoms with E-state index in [1.54, 1.807) is 24.3 Å². The molecule has 0 heterocycles. The Kier molecular flexibility index (Phi) is 5.35. The lowest BCUT2D eigenvalue weighted by Gasteiger charge is -2.14. The van der Waals surface area contributed by atoms with Crippen molar-refractivity contribution in [2.24, 2.45) is 0 Å². The van der Waals surface area contributed by atoms with Crippen molar-refractivity contribution < 1.29 is 13.2 Å². The van der Waals surface area contributed by atoms with E-state index in [1.807, 2.05) is 13.8 Å². The standard InChI is InChI=1S/C13H20N2O3S/c1-4-10(2)14-13(16)15-12-8-6-5-7-11(12)9-19(3,17)18/h5-8,10H,4,9H2,1-3H3,(H2,14,15,16). The van der Waals surface area contributed by atoms with Crippen molar-refractivity contribution in [1.29, 1.82) is 0 Å². The first-order valence-electron chi connectivity index (χ1n) is 6.15. The highest BCUT2D eigenvalue weighted by atomic mass is 32.2. The van der Waals surface area contributed by atoms with Gasteiger partial charge in [-0.2, -0.15) is 0 Å². The highest BCUT2D eigenvalue weighted by molar-refractivity contribution is 7.89. The van der Waals surface area contributed by atoms with Gasteiger partial charge in [0.1, 0.15) is 0 Å². The van der Waals surface area contributed by atoms with Crippen LogP contribution in [0.3, 0.4) is 0 Å². The van der Waals surface area contributed by atoms with Crippen LogP contribution in [0.2, 0.25) is 0 Å². The SMILES string of the molecule is CCC(C)NC(=O)Nc1ccccc1CS(C)(=O)=O. The third kappa shape index (κ3) is 5.74. The summed E-state index contributed by atoms with van der Waals surface area (Å²) < 4.78 is 22.7. The van der Waals surface area contributed by atoms with Crippen molar-refractivity contribution in [3.05, 3.63) is 29.8 Å². The predicted molar refractivity (Wildman–Crippen MR) is 76.9 cm³/mol. The molecule has 0 fully saturated rings. The van der Waals surface area contributed by atoms with Crippen LogP contribution in [0.1, 0.15) is 25.8 Å². The van der Waals surface area contributed by atoms with Gasteiger partial charge in [0.25, 0.3) is 0 Å². The van der Waals surface area contributed by atoms with Gasteiger partial charge in [-0.1, -0.05) is 25.1 Å². The van der Waals surface area contributed by atoms with Crippen LogP contribution in [-0.2, 0) is 15.6 Å². The van der Waals surface area contributed by atoms with Crippen LogP contribution in [0, 0.1) is 0 Å². The Bertz CT molecular complexity index is 541. The van der Waals surface area contributed by atoms with Crippen LogP contribution in [0.5, 0.6) is 0 Å². The van der Waals surface area contributed by atoms with E-state index in [9.17, 15) is 13.2 Å². The molecule has 5 nitrogen and oxygen atoms in total. The fourth-order valence-electron chi connectivity index (χ4n) is 1.53. The number of para-hydroxylation sites is 1. The molecule has 0 spiro atoms. The molecule has 106 valence electrons. The second kappa shape index (κ2) is 6.56. The van der Waals surface area contributed by atoms with Gasteiger partial charge >= 0.3 is 6.03 Å². The number of carbonyl (C=O) groups is 1. The number of benzene rings is 1. The largest absolute Gasteiger partial charge is 0.335 e. The van der Waals surface area contributed by atoms with Crippen molar-refractivity contribution >= 4 is 21.6 Å². The molecular weight excluding hydrogens is 264 g/mol. The summed E-state index contributed by atoms with van der Waals surface area (Å²) in [5, 5.41) is 5.45. The number of nitrogens with one attached hydrogen (secondary N) is 2. The molecule has 2 N–H and O–H groups in total. The minimum atomic E-state index is -3.13. The van der Waals surface area contributed by atoms with Crippen molar-refractivity contribution in [3.63, 3.8) is 0 Å². The summed E-state index contributed by atoms with van der Waals surface area (Å²) in [6.45, 7) is 3.88. The summed E-state index contributed by atoms with van der Waals surface area (Å²) in [6, 6.07) is 6.64. The molecule has 0 aliphatic rings. The average Bonchev–Trinajstić information content (AvgIpc) is 2.29. The number of hydrogen-bond donors (Lipinski definition) is 2. The van der Waals surface area contributed by atoms with Crippen LogP contribution >= 0.6 is 0 Å². The molecule has 2 amide bonds. The molecule has 6 heteroatoms. The summed E-state index contributed by atoms with van der Waals surface area (Å²) >= 11 is 0. The van der Waals surface area contributed by atoms with Crippen LogP contribution in [0.25, 0.3) is 0 Å². The number of rotatable bonds is 5. The molecule has 0 saturated carbocycles. The van der Waals surface area contributed by atoms with Gasteiger partial charge < -0.3 is 10.6 Å². The molecule has 1 rings (SSSR count). The maximum atomic E-state index is 11.7. The van der Waals surface area contributed by atoms with Gasteiger partial charge in [-0.15, -0.1) is 0 Å². The van der Waals surface area contributed by atoms with Gasteiger partial charge in [-0.25, -0.2) is 13.2 Å². The van der Waals surface area contributed by atoms with Gasteiger partial charge in [-0.05, 0) is 25.0 Å². The van der Waals surface area contributed by atoms with Gasteiger partial charge in [0, 0.05) is 18.0 Å². The molecule has 1 aromatic rings. The van der Waals surface area contributed by atoms with E-state index >= 15 is 0 Å². The summed E-state index contributed by atoms with van der Waals surface area (Å²) in [4.78, 5) is 11.7. The van der Waals surface area contributed by atoms with Crippen molar-refractivity contribution in [3.8, 4) is 0 Å². The lowest BCUT2D eigenvalue weighted by Crippen LogP contribution is -2.35. The molecule has 1 atom stereocenters. The van der Waals surface area contributed by atoms with Crippen LogP contribution in [-0.4, -0.2) is 26.7 Å². The van der Waals surface area contributed by atoms with Crippen molar-refractivity contribution in [1.82, 2.24) is 5.32 Å². The minimum absolute atomic E-state index is 0.0714. The summed E-state index contributed by atoms with van der Waals surface area (Å²) in [7, 11) is -3.13. The Hall–Kier alpha value is -1.56. The molecule has 0 aliphatic heterocycles. The van der Waals surface area contributed by atoms with Gasteiger partial charge in [0.15, 0.2) is 9.84 Å². The van der Waals surface area contributed by atoms with Crippen LogP contribution < -0.4 is 10.6 Å². The Morgan fingerprint density at radius 2 is 1.95 bits per heavy atom. The number of urea groups is 1. The van der Waals surface area contributed by atoms with Crippen molar-refractivity contribution in [2.75, 3.05) is 11.6 Å². The number of carbonyl (C=O) groups excluding carboxylic acids is 1. The summed E-state index contributed by atoms with van der Waals surface area (Å²) in [6.07, 6.45) is 2.00. The Balaban J connectivity index is 2.81. The van der Waals surface area contributed by atoms with Gasteiger partial charge in [-0.3, -0.25) is 0 Å². The van der Waals surface area contributed by atoms with Gasteiger partial charge in [0.2, 0.25) is 0 Å². The Morgan fingerprint density at radius 3 is 2.53 bits per heavy atom. The predicted octanol–water partition coefficient (Wildman–Crippen LogP) is 2.15. The zero-order chi connectivity index (χ0) is 14.5. The highest BCUT2D eigenvalue weighted by Gasteiger charge is 2.11. The van der Waals surface area contributed by atoms with E-state index < -0.39 is 9.84 Å². The zero-order valence-corrected chi connectivity index (χ0v) is 12.3. The molecule has 19 heavy (non-hydrogen) atoms. The first-order chi connectivity index (χ1) is 8.81. The lowest BCUT2D eigenvalue weighted by atomic mass is 10.2. The fraction of sp³-hybridized carbons (Fsp3) is 0.462. The van der Waals surface area contributed by atoms with Crippen LogP contribution in [0.4, 0.5) is 10.5 Å². The molecule has 0 aromatic heterocycles. The molecular formula is C13H20N2O3S. The second-order valence-corrected chi connectivity index (χ2v) is 6.78. The molecule has 0 radical (unpaired) electrons. The van der Waals surface area contributed by atoms with E-state index in [4.69, 9.17) is 0 Å². The molecule has 0 bridgehead atoms. The van der Waals surface area contributed by atoms with E-state index in [0.29, 0.717) is 11.3 Å². The van der Waals surface area contributed by atoms with Crippen molar-refractivity contribution in [2.45, 2.75) is 32.1 Å². The van der Waals surface area contributed by atoms with Crippen LogP contribution in [0.15, 0.2) is 24.3 Å². The van der Waals surface area contributed by atoms with E-state index in [-0.39, 0.29) is 17.8 Å². The number of anilines is 1. The van der Waals surface area contributed by atoms with E-state index in [2.05, 4.69) is 10.6 Å². The summed E-state index contributed by atoms with van der Waals surface area (Å²) in [5.41, 5.74) is 1.11. The number of hydrogen-bond acceptors (Lipinski definition) is 3. The van der Waals surface area contributed by atoms with E-state index in [0.717, 1.165) is 6.42 Å². The quantitative estimate of drug-likeness (QED) is 0.870. The fourth-order valence-corrected chi connectivity index (χ4v) is 2.35. The first-order valence-corrected chi connectivity index (χ1v) is 8.21. The average molecular weight is 284 g/mol. The molecule has 0 saturated heterocycles. The second-order valence-electron chi connectivity index (χ2n) is 4.63. The minimum Gasteiger partial charge on any atom is -0.335 e. The zero-order valence-electron chi connectivity index (χ0n) is 11.4. The number of amides is 2. The smallest absolute Gasteiger partial charge is 0.319 e. The highest BCUT2D eigenvalue weighted by Crippen LogP contribution is 2.17. The third-order valence-corrected chi connectivity index (χ3v) is 3.51. The maximum Gasteiger partial charge on any atom is 0.319 e. The Morgan fingerprint density at radius 1 is 1.32 bits per heavy atom. The first kappa shape index (κ1) is 15.5. The Labute approximate surface area is 114 Å². The molecule has 1 aromatic carbocycles. The molecule has 1 unspecified atom stereocenters. The summed E-state index contributed by atoms with van der Waals surface area (Å²) in [5.74, 6) is -0.0905. The maximum absolute atomic E-state index is 11.7. The third-order valence-electron chi connectivity index (χ3n) is 2.67. The van der Waals surface area contributed by atoms with Gasteiger partial charge in [0.05, 0.1) is 5.75 Å². The molecule has 0 aliphatic carbocycles. The number of sulfone groups is 1. The van der Waals surface area contributed by atoms with E-state index in [1.165, 1.54) is 6.26 Å². The monoisotopic (exact) mass is 284 g/mol.